The number of carbonyl (C=O) groups is 1. The van der Waals surface area contributed by atoms with E-state index < -0.39 is 0 Å². The zero-order chi connectivity index (χ0) is 19.1. The minimum atomic E-state index is 0.0950. The Balaban J connectivity index is 1.39. The summed E-state index contributed by atoms with van der Waals surface area (Å²) in [5.41, 5.74) is 3.20. The number of aromatic hydroxyl groups is 1. The van der Waals surface area contributed by atoms with Gasteiger partial charge in [-0.25, -0.2) is 4.98 Å². The van der Waals surface area contributed by atoms with Crippen LogP contribution in [0.1, 0.15) is 23.2 Å². The number of nitrogens with one attached hydrogen (secondary N) is 2. The van der Waals surface area contributed by atoms with Crippen molar-refractivity contribution in [3.63, 3.8) is 0 Å². The molecule has 2 fully saturated rings. The summed E-state index contributed by atoms with van der Waals surface area (Å²) in [6.07, 6.45) is 4.06. The van der Waals surface area contributed by atoms with Crippen molar-refractivity contribution in [3.05, 3.63) is 42.1 Å². The van der Waals surface area contributed by atoms with E-state index in [1.165, 1.54) is 12.8 Å². The topological polar surface area (TPSA) is 94.1 Å². The molecule has 28 heavy (non-hydrogen) atoms. The number of aromatic nitrogens is 3. The number of likely N-dealkylation sites (tertiary alicyclic amines) is 1. The van der Waals surface area contributed by atoms with Crippen LogP contribution in [-0.2, 0) is 0 Å². The highest BCUT2D eigenvalue weighted by molar-refractivity contribution is 6.08. The first kappa shape index (κ1) is 17.3. The molecular formula is C21H23N5O2. The van der Waals surface area contributed by atoms with Gasteiger partial charge in [0.2, 0.25) is 0 Å². The lowest BCUT2D eigenvalue weighted by Crippen LogP contribution is -2.60. The molecule has 2 aliphatic rings. The molecule has 1 spiro atoms. The molecule has 144 valence electrons. The number of H-pyrrole nitrogens is 1. The van der Waals surface area contributed by atoms with Gasteiger partial charge in [0, 0.05) is 29.6 Å². The van der Waals surface area contributed by atoms with E-state index in [1.54, 1.807) is 30.5 Å². The molecule has 0 unspecified atom stereocenters. The van der Waals surface area contributed by atoms with Crippen molar-refractivity contribution in [2.45, 2.75) is 12.8 Å². The second-order valence-corrected chi connectivity index (χ2v) is 8.05. The molecule has 0 saturated carbocycles. The highest BCUT2D eigenvalue weighted by Gasteiger charge is 2.43. The molecule has 0 amide bonds. The molecule has 4 heterocycles. The number of Topliss-reactive ketones (excluding diaryl/α,β-unsaturated/α-hetero) is 1. The van der Waals surface area contributed by atoms with Gasteiger partial charge in [-0.2, -0.15) is 5.10 Å². The Labute approximate surface area is 162 Å². The van der Waals surface area contributed by atoms with E-state index in [0.29, 0.717) is 28.9 Å². The van der Waals surface area contributed by atoms with Crippen molar-refractivity contribution in [3.8, 4) is 17.0 Å². The molecule has 5 rings (SSSR count). The predicted molar refractivity (Wildman–Crippen MR) is 106 cm³/mol. The highest BCUT2D eigenvalue weighted by Crippen LogP contribution is 2.38. The Morgan fingerprint density at radius 1 is 1.18 bits per heavy atom. The highest BCUT2D eigenvalue weighted by atomic mass is 16.3. The van der Waals surface area contributed by atoms with Gasteiger partial charge in [-0.1, -0.05) is 0 Å². The van der Waals surface area contributed by atoms with E-state index >= 15 is 0 Å². The van der Waals surface area contributed by atoms with E-state index in [2.05, 4.69) is 25.4 Å². The SMILES string of the molecule is O=C(CN1CC2(CCNCC2)C1)c1cc(-c2ccc(O)cc2)nc2[nH]ncc12. The van der Waals surface area contributed by atoms with Crippen LogP contribution in [0.4, 0.5) is 0 Å². The minimum absolute atomic E-state index is 0.0950. The van der Waals surface area contributed by atoms with Gasteiger partial charge in [0.25, 0.3) is 0 Å². The minimum Gasteiger partial charge on any atom is -0.508 e. The fourth-order valence-corrected chi connectivity index (χ4v) is 4.52. The molecule has 3 N–H and O–H groups in total. The van der Waals surface area contributed by atoms with E-state index in [-0.39, 0.29) is 11.5 Å². The smallest absolute Gasteiger partial charge is 0.177 e. The largest absolute Gasteiger partial charge is 0.508 e. The maximum absolute atomic E-state index is 13.1. The number of phenolic OH excluding ortho intramolecular Hbond substituents is 1. The number of nitrogens with zero attached hydrogens (tertiary/aromatic N) is 3. The lowest BCUT2D eigenvalue weighted by molar-refractivity contribution is -0.0180. The summed E-state index contributed by atoms with van der Waals surface area (Å²) in [5, 5.41) is 20.6. The van der Waals surface area contributed by atoms with Gasteiger partial charge >= 0.3 is 0 Å². The number of rotatable bonds is 4. The fraction of sp³-hybridized carbons (Fsp3) is 0.381. The molecular weight excluding hydrogens is 354 g/mol. The number of phenols is 1. The predicted octanol–water partition coefficient (Wildman–Crippen LogP) is 2.20. The third-order valence-corrected chi connectivity index (χ3v) is 6.04. The second kappa shape index (κ2) is 6.68. The fourth-order valence-electron chi connectivity index (χ4n) is 4.52. The van der Waals surface area contributed by atoms with Gasteiger partial charge in [0.15, 0.2) is 11.4 Å². The number of aromatic amines is 1. The van der Waals surface area contributed by atoms with Gasteiger partial charge in [0.1, 0.15) is 5.75 Å². The summed E-state index contributed by atoms with van der Waals surface area (Å²) >= 11 is 0. The number of fused-ring (bicyclic) bond motifs is 1. The van der Waals surface area contributed by atoms with E-state index in [1.807, 2.05) is 6.07 Å². The summed E-state index contributed by atoms with van der Waals surface area (Å²) in [7, 11) is 0. The van der Waals surface area contributed by atoms with Crippen molar-refractivity contribution in [1.82, 2.24) is 25.4 Å². The van der Waals surface area contributed by atoms with Crippen LogP contribution >= 0.6 is 0 Å². The number of ketones is 1. The van der Waals surface area contributed by atoms with Crippen LogP contribution in [0.15, 0.2) is 36.5 Å². The van der Waals surface area contributed by atoms with Crippen LogP contribution in [0.5, 0.6) is 5.75 Å². The number of pyridine rings is 1. The Hall–Kier alpha value is -2.77. The Morgan fingerprint density at radius 2 is 1.93 bits per heavy atom. The first-order valence-electron chi connectivity index (χ1n) is 9.72. The first-order chi connectivity index (χ1) is 13.6. The summed E-state index contributed by atoms with van der Waals surface area (Å²) in [6.45, 7) is 4.60. The second-order valence-electron chi connectivity index (χ2n) is 8.05. The van der Waals surface area contributed by atoms with Crippen molar-refractivity contribution in [2.24, 2.45) is 5.41 Å². The molecule has 7 heteroatoms. The van der Waals surface area contributed by atoms with Gasteiger partial charge in [-0.3, -0.25) is 14.8 Å². The average Bonchev–Trinajstić information content (AvgIpc) is 3.16. The summed E-state index contributed by atoms with van der Waals surface area (Å²) < 4.78 is 0. The number of benzene rings is 1. The number of hydrogen-bond acceptors (Lipinski definition) is 6. The van der Waals surface area contributed by atoms with Crippen LogP contribution in [0.25, 0.3) is 22.3 Å². The summed E-state index contributed by atoms with van der Waals surface area (Å²) in [6, 6.07) is 8.67. The Bertz CT molecular complexity index is 1010. The maximum Gasteiger partial charge on any atom is 0.177 e. The molecule has 3 aromatic rings. The third kappa shape index (κ3) is 3.06. The third-order valence-electron chi connectivity index (χ3n) is 6.04. The van der Waals surface area contributed by atoms with Gasteiger partial charge in [-0.15, -0.1) is 0 Å². The monoisotopic (exact) mass is 377 g/mol. The zero-order valence-electron chi connectivity index (χ0n) is 15.6. The number of hydrogen-bond donors (Lipinski definition) is 3. The van der Waals surface area contributed by atoms with Crippen LogP contribution < -0.4 is 5.32 Å². The van der Waals surface area contributed by atoms with Crippen molar-refractivity contribution >= 4 is 16.8 Å². The number of piperidine rings is 1. The van der Waals surface area contributed by atoms with Crippen LogP contribution in [0.2, 0.25) is 0 Å². The Kier molecular flexibility index (Phi) is 4.14. The molecule has 1 aromatic carbocycles. The quantitative estimate of drug-likeness (QED) is 0.604. The summed E-state index contributed by atoms with van der Waals surface area (Å²) in [4.78, 5) is 19.9. The molecule has 0 atom stereocenters. The lowest BCUT2D eigenvalue weighted by Gasteiger charge is -2.52. The average molecular weight is 377 g/mol. The zero-order valence-corrected chi connectivity index (χ0v) is 15.6. The first-order valence-corrected chi connectivity index (χ1v) is 9.72. The molecule has 2 aromatic heterocycles. The van der Waals surface area contributed by atoms with Crippen LogP contribution in [0, 0.1) is 5.41 Å². The number of carbonyl (C=O) groups excluding carboxylic acids is 1. The Morgan fingerprint density at radius 3 is 2.68 bits per heavy atom. The molecule has 0 aliphatic carbocycles. The van der Waals surface area contributed by atoms with E-state index in [9.17, 15) is 9.90 Å². The lowest BCUT2D eigenvalue weighted by atomic mass is 9.72. The van der Waals surface area contributed by atoms with Gasteiger partial charge in [-0.05, 0) is 61.7 Å². The standard InChI is InChI=1S/C21H23N5O2/c27-15-3-1-14(2-4-15)18-9-16(17-10-23-25-20(17)24-18)19(28)11-26-12-21(13-26)5-7-22-8-6-21/h1-4,9-10,22,27H,5-8,11-13H2,(H,23,24,25). The van der Waals surface area contributed by atoms with Crippen molar-refractivity contribution in [1.29, 1.82) is 0 Å². The van der Waals surface area contributed by atoms with E-state index in [0.717, 1.165) is 37.1 Å². The van der Waals surface area contributed by atoms with Crippen LogP contribution in [-0.4, -0.2) is 63.7 Å². The van der Waals surface area contributed by atoms with Gasteiger partial charge < -0.3 is 10.4 Å². The normalized spacial score (nSPS) is 19.0. The maximum atomic E-state index is 13.1. The van der Waals surface area contributed by atoms with Crippen molar-refractivity contribution < 1.29 is 9.90 Å². The van der Waals surface area contributed by atoms with Crippen molar-refractivity contribution in [2.75, 3.05) is 32.7 Å². The molecule has 7 nitrogen and oxygen atoms in total. The van der Waals surface area contributed by atoms with Crippen LogP contribution in [0.3, 0.4) is 0 Å². The van der Waals surface area contributed by atoms with E-state index in [4.69, 9.17) is 0 Å². The molecule has 0 radical (unpaired) electrons. The molecule has 2 saturated heterocycles. The van der Waals surface area contributed by atoms with Gasteiger partial charge in [0.05, 0.1) is 18.4 Å². The molecule has 2 aliphatic heterocycles. The molecule has 0 bridgehead atoms. The summed E-state index contributed by atoms with van der Waals surface area (Å²) in [5.74, 6) is 0.296.